The molecule has 0 radical (unpaired) electrons. The first-order chi connectivity index (χ1) is 7.91. The van der Waals surface area contributed by atoms with E-state index in [1.54, 1.807) is 6.07 Å². The number of hydrogen-bond acceptors (Lipinski definition) is 2. The van der Waals surface area contributed by atoms with E-state index in [2.05, 4.69) is 29.8 Å². The molecule has 3 nitrogen and oxygen atoms in total. The van der Waals surface area contributed by atoms with Crippen LogP contribution in [0.1, 0.15) is 25.8 Å². The number of hydrogen-bond donors (Lipinski definition) is 0. The Morgan fingerprint density at radius 3 is 2.59 bits per heavy atom. The quantitative estimate of drug-likeness (QED) is 0.467. The molecule has 0 saturated heterocycles. The Morgan fingerprint density at radius 2 is 2.12 bits per heavy atom. The highest BCUT2D eigenvalue weighted by Crippen LogP contribution is 2.22. The molecule has 1 unspecified atom stereocenters. The van der Waals surface area contributed by atoms with Gasteiger partial charge in [0, 0.05) is 10.9 Å². The van der Waals surface area contributed by atoms with E-state index < -0.39 is 16.4 Å². The molecular weight excluding hydrogens is 289 g/mol. The van der Waals surface area contributed by atoms with Crippen LogP contribution in [0.2, 0.25) is 0 Å². The van der Waals surface area contributed by atoms with Crippen LogP contribution in [-0.2, 0) is 6.42 Å². The van der Waals surface area contributed by atoms with Gasteiger partial charge >= 0.3 is 5.69 Å². The average Bonchev–Trinajstić information content (AvgIpc) is 2.25. The number of nitro benzene ring substituents is 1. The highest BCUT2D eigenvalue weighted by atomic mass is 79.9. The van der Waals surface area contributed by atoms with Gasteiger partial charge in [0.25, 0.3) is 0 Å². The summed E-state index contributed by atoms with van der Waals surface area (Å²) in [7, 11) is 0. The van der Waals surface area contributed by atoms with Gasteiger partial charge in [0.1, 0.15) is 0 Å². The van der Waals surface area contributed by atoms with Crippen molar-refractivity contribution in [2.45, 2.75) is 31.5 Å². The van der Waals surface area contributed by atoms with Crippen molar-refractivity contribution in [1.82, 2.24) is 0 Å². The molecule has 17 heavy (non-hydrogen) atoms. The number of benzene rings is 1. The average molecular weight is 304 g/mol. The van der Waals surface area contributed by atoms with Gasteiger partial charge < -0.3 is 0 Å². The van der Waals surface area contributed by atoms with Gasteiger partial charge in [-0.25, -0.2) is 0 Å². The van der Waals surface area contributed by atoms with Crippen LogP contribution in [0, 0.1) is 21.8 Å². The number of halogens is 2. The largest absolute Gasteiger partial charge is 0.304 e. The Balaban J connectivity index is 2.68. The molecule has 0 aliphatic heterocycles. The van der Waals surface area contributed by atoms with Gasteiger partial charge in [-0.2, -0.15) is 4.39 Å². The van der Waals surface area contributed by atoms with Gasteiger partial charge in [-0.1, -0.05) is 35.8 Å². The SMILES string of the molecule is CC(C)C(Br)CCc1ccc([N+](=O)[O-])c(F)c1. The summed E-state index contributed by atoms with van der Waals surface area (Å²) in [6.45, 7) is 4.21. The minimum atomic E-state index is -0.761. The van der Waals surface area contributed by atoms with Gasteiger partial charge in [-0.15, -0.1) is 0 Å². The van der Waals surface area contributed by atoms with Crippen molar-refractivity contribution in [3.63, 3.8) is 0 Å². The molecule has 94 valence electrons. The van der Waals surface area contributed by atoms with Crippen molar-refractivity contribution in [3.05, 3.63) is 39.7 Å². The minimum absolute atomic E-state index is 0.376. The molecule has 1 aromatic carbocycles. The molecule has 0 aliphatic rings. The second-order valence-electron chi connectivity index (χ2n) is 4.34. The van der Waals surface area contributed by atoms with Crippen LogP contribution in [-0.4, -0.2) is 9.75 Å². The monoisotopic (exact) mass is 303 g/mol. The van der Waals surface area contributed by atoms with E-state index >= 15 is 0 Å². The first kappa shape index (κ1) is 14.1. The number of aryl methyl sites for hydroxylation is 1. The van der Waals surface area contributed by atoms with Gasteiger partial charge in [-0.3, -0.25) is 10.1 Å². The number of rotatable bonds is 5. The maximum atomic E-state index is 13.3. The summed E-state index contributed by atoms with van der Waals surface area (Å²) in [6, 6.07) is 4.09. The zero-order valence-corrected chi connectivity index (χ0v) is 11.4. The van der Waals surface area contributed by atoms with E-state index in [0.29, 0.717) is 17.2 Å². The topological polar surface area (TPSA) is 43.1 Å². The van der Waals surface area contributed by atoms with E-state index in [1.807, 2.05) is 0 Å². The number of alkyl halides is 1. The third kappa shape index (κ3) is 4.07. The molecule has 0 spiro atoms. The zero-order valence-electron chi connectivity index (χ0n) is 9.82. The van der Waals surface area contributed by atoms with E-state index in [1.165, 1.54) is 12.1 Å². The highest BCUT2D eigenvalue weighted by Gasteiger charge is 2.14. The lowest BCUT2D eigenvalue weighted by molar-refractivity contribution is -0.387. The second kappa shape index (κ2) is 6.10. The Hall–Kier alpha value is -0.970. The summed E-state index contributed by atoms with van der Waals surface area (Å²) in [5, 5.41) is 10.4. The van der Waals surface area contributed by atoms with Crippen LogP contribution in [0.3, 0.4) is 0 Å². The fourth-order valence-electron chi connectivity index (χ4n) is 1.49. The fourth-order valence-corrected chi connectivity index (χ4v) is 1.72. The minimum Gasteiger partial charge on any atom is -0.258 e. The lowest BCUT2D eigenvalue weighted by Gasteiger charge is -2.13. The molecule has 1 aromatic rings. The molecule has 5 heteroatoms. The maximum absolute atomic E-state index is 13.3. The third-order valence-electron chi connectivity index (χ3n) is 2.64. The highest BCUT2D eigenvalue weighted by molar-refractivity contribution is 9.09. The standard InChI is InChI=1S/C12H15BrFNO2/c1-8(2)10(13)5-3-9-4-6-12(15(16)17)11(14)7-9/h4,6-8,10H,3,5H2,1-2H3. The van der Waals surface area contributed by atoms with Crippen LogP contribution >= 0.6 is 15.9 Å². The van der Waals surface area contributed by atoms with Crippen molar-refractivity contribution < 1.29 is 9.31 Å². The van der Waals surface area contributed by atoms with Crippen molar-refractivity contribution in [1.29, 1.82) is 0 Å². The summed E-state index contributed by atoms with van der Waals surface area (Å²) in [5.41, 5.74) is 0.325. The van der Waals surface area contributed by atoms with Crippen LogP contribution in [0.5, 0.6) is 0 Å². The smallest absolute Gasteiger partial charge is 0.258 e. The molecule has 0 fully saturated rings. The van der Waals surface area contributed by atoms with Gasteiger partial charge in [0.15, 0.2) is 0 Å². The maximum Gasteiger partial charge on any atom is 0.304 e. The summed E-state index contributed by atoms with van der Waals surface area (Å²) in [6.07, 6.45) is 1.60. The predicted molar refractivity (Wildman–Crippen MR) is 68.9 cm³/mol. The predicted octanol–water partition coefficient (Wildman–Crippen LogP) is 4.09. The number of nitro groups is 1. The summed E-state index contributed by atoms with van der Waals surface area (Å²) < 4.78 is 13.3. The summed E-state index contributed by atoms with van der Waals surface area (Å²) in [5.74, 6) is -0.249. The van der Waals surface area contributed by atoms with E-state index in [0.717, 1.165) is 12.0 Å². The molecule has 0 aromatic heterocycles. The molecular formula is C12H15BrFNO2. The van der Waals surface area contributed by atoms with Crippen LogP contribution in [0.15, 0.2) is 18.2 Å². The molecule has 0 amide bonds. The van der Waals surface area contributed by atoms with Crippen molar-refractivity contribution in [3.8, 4) is 0 Å². The third-order valence-corrected chi connectivity index (χ3v) is 4.16. The van der Waals surface area contributed by atoms with E-state index in [4.69, 9.17) is 0 Å². The zero-order chi connectivity index (χ0) is 13.0. The molecule has 0 heterocycles. The lowest BCUT2D eigenvalue weighted by Crippen LogP contribution is -2.08. The molecule has 0 bridgehead atoms. The Kier molecular flexibility index (Phi) is 5.05. The number of nitrogens with zero attached hydrogens (tertiary/aromatic N) is 1. The lowest BCUT2D eigenvalue weighted by atomic mass is 10.0. The first-order valence-electron chi connectivity index (χ1n) is 5.48. The molecule has 0 saturated carbocycles. The van der Waals surface area contributed by atoms with Crippen LogP contribution in [0.25, 0.3) is 0 Å². The van der Waals surface area contributed by atoms with E-state index in [-0.39, 0.29) is 0 Å². The van der Waals surface area contributed by atoms with Crippen molar-refractivity contribution >= 4 is 21.6 Å². The van der Waals surface area contributed by atoms with Crippen LogP contribution < -0.4 is 0 Å². The normalized spacial score (nSPS) is 12.8. The first-order valence-corrected chi connectivity index (χ1v) is 6.40. The second-order valence-corrected chi connectivity index (χ2v) is 5.52. The van der Waals surface area contributed by atoms with Gasteiger partial charge in [0.2, 0.25) is 5.82 Å². The van der Waals surface area contributed by atoms with Gasteiger partial charge in [-0.05, 0) is 30.4 Å². The molecule has 0 N–H and O–H groups in total. The van der Waals surface area contributed by atoms with E-state index in [9.17, 15) is 14.5 Å². The molecule has 1 rings (SSSR count). The fraction of sp³-hybridized carbons (Fsp3) is 0.500. The Labute approximate surface area is 108 Å². The molecule has 0 aliphatic carbocycles. The molecule has 1 atom stereocenters. The van der Waals surface area contributed by atoms with Gasteiger partial charge in [0.05, 0.1) is 4.92 Å². The summed E-state index contributed by atoms with van der Waals surface area (Å²) in [4.78, 5) is 10.1. The Morgan fingerprint density at radius 1 is 1.47 bits per heavy atom. The van der Waals surface area contributed by atoms with Crippen molar-refractivity contribution in [2.24, 2.45) is 5.92 Å². The van der Waals surface area contributed by atoms with Crippen molar-refractivity contribution in [2.75, 3.05) is 0 Å². The Bertz CT molecular complexity index is 409. The summed E-state index contributed by atoms with van der Waals surface area (Å²) >= 11 is 3.55. The van der Waals surface area contributed by atoms with Crippen LogP contribution in [0.4, 0.5) is 10.1 Å².